The predicted molar refractivity (Wildman–Crippen MR) is 84.3 cm³/mol. The van der Waals surface area contributed by atoms with Crippen LogP contribution >= 0.6 is 0 Å². The minimum atomic E-state index is -1.39. The van der Waals surface area contributed by atoms with Crippen LogP contribution in [0.3, 0.4) is 0 Å². The van der Waals surface area contributed by atoms with Gasteiger partial charge in [-0.25, -0.2) is 4.79 Å². The predicted octanol–water partition coefficient (Wildman–Crippen LogP) is -1.63. The maximum Gasteiger partial charge on any atom is 0.365 e. The minimum absolute atomic E-state index is 0.0760. The van der Waals surface area contributed by atoms with Crippen molar-refractivity contribution in [2.24, 2.45) is 0 Å². The average molecular weight is 349 g/mol. The van der Waals surface area contributed by atoms with Gasteiger partial charge in [-0.15, -0.1) is 4.73 Å². The Kier molecular flexibility index (Phi) is 5.00. The van der Waals surface area contributed by atoms with Crippen LogP contribution < -0.4 is 16.0 Å². The minimum Gasteiger partial charge on any atom is -0.403 e. The second kappa shape index (κ2) is 7.19. The van der Waals surface area contributed by atoms with Crippen molar-refractivity contribution >= 4 is 0 Å². The van der Waals surface area contributed by atoms with Crippen LogP contribution in [0.4, 0.5) is 0 Å². The van der Waals surface area contributed by atoms with Crippen LogP contribution in [0.5, 0.6) is 0 Å². The van der Waals surface area contributed by atoms with Crippen molar-refractivity contribution in [3.63, 3.8) is 0 Å². The maximum absolute atomic E-state index is 12.6. The standard InChI is InChI=1S/C16H19N3O6/c17-12-6-7-18(15-14(22)13(21)11(8-20)25-15)16(23)19(12)24-9-10-4-2-1-3-5-10/h1-7,11,13-15,17,20-22H,8-9H2/t11-,13-,14-,15-/m1/s1. The monoisotopic (exact) mass is 349 g/mol. The van der Waals surface area contributed by atoms with Crippen LogP contribution in [0.15, 0.2) is 47.4 Å². The summed E-state index contributed by atoms with van der Waals surface area (Å²) < 4.78 is 7.14. The number of hydrogen-bond acceptors (Lipinski definition) is 7. The van der Waals surface area contributed by atoms with E-state index < -0.39 is 36.8 Å². The van der Waals surface area contributed by atoms with Gasteiger partial charge in [0, 0.05) is 12.3 Å². The summed E-state index contributed by atoms with van der Waals surface area (Å²) in [6.45, 7) is -0.420. The lowest BCUT2D eigenvalue weighted by molar-refractivity contribution is -0.0590. The Hall–Kier alpha value is -2.46. The third-order valence-electron chi connectivity index (χ3n) is 4.00. The van der Waals surface area contributed by atoms with Crippen LogP contribution in [0.1, 0.15) is 11.8 Å². The molecule has 25 heavy (non-hydrogen) atoms. The summed E-state index contributed by atoms with van der Waals surface area (Å²) in [5, 5.41) is 36.9. The summed E-state index contributed by atoms with van der Waals surface area (Å²) in [7, 11) is 0. The number of aromatic nitrogens is 2. The largest absolute Gasteiger partial charge is 0.403 e. The van der Waals surface area contributed by atoms with E-state index in [0.29, 0.717) is 0 Å². The summed E-state index contributed by atoms with van der Waals surface area (Å²) in [6, 6.07) is 10.4. The number of nitrogens with zero attached hydrogens (tertiary/aromatic N) is 2. The van der Waals surface area contributed by atoms with Crippen LogP contribution in [0.2, 0.25) is 0 Å². The fourth-order valence-electron chi connectivity index (χ4n) is 2.63. The third-order valence-corrected chi connectivity index (χ3v) is 4.00. The van der Waals surface area contributed by atoms with Gasteiger partial charge in [-0.3, -0.25) is 9.98 Å². The van der Waals surface area contributed by atoms with E-state index in [2.05, 4.69) is 0 Å². The number of hydrogen-bond donors (Lipinski definition) is 4. The first kappa shape index (κ1) is 17.4. The molecule has 1 saturated heterocycles. The van der Waals surface area contributed by atoms with Gasteiger partial charge in [0.15, 0.2) is 11.7 Å². The van der Waals surface area contributed by atoms with Gasteiger partial charge >= 0.3 is 5.69 Å². The molecular formula is C16H19N3O6. The van der Waals surface area contributed by atoms with Crippen molar-refractivity contribution in [3.8, 4) is 0 Å². The Morgan fingerprint density at radius 1 is 1.16 bits per heavy atom. The molecule has 4 atom stereocenters. The Bertz CT molecular complexity index is 834. The lowest BCUT2D eigenvalue weighted by Gasteiger charge is -2.19. The van der Waals surface area contributed by atoms with Gasteiger partial charge in [0.1, 0.15) is 24.9 Å². The molecular weight excluding hydrogens is 330 g/mol. The SMILES string of the molecule is N=c1ccn([C@@H]2O[C@H](CO)[C@@H](O)[C@H]2O)c(=O)n1OCc1ccccc1. The molecule has 0 spiro atoms. The van der Waals surface area contributed by atoms with Crippen LogP contribution in [-0.2, 0) is 11.3 Å². The lowest BCUT2D eigenvalue weighted by Crippen LogP contribution is -2.45. The van der Waals surface area contributed by atoms with Gasteiger partial charge in [0.25, 0.3) is 0 Å². The van der Waals surface area contributed by atoms with Crippen molar-refractivity contribution in [2.75, 3.05) is 6.61 Å². The molecule has 0 radical (unpaired) electrons. The molecule has 1 aromatic heterocycles. The van der Waals surface area contributed by atoms with E-state index >= 15 is 0 Å². The van der Waals surface area contributed by atoms with E-state index in [-0.39, 0.29) is 12.1 Å². The van der Waals surface area contributed by atoms with Gasteiger partial charge in [-0.2, -0.15) is 0 Å². The number of aliphatic hydroxyl groups is 3. The van der Waals surface area contributed by atoms with Crippen LogP contribution in [-0.4, -0.2) is 49.5 Å². The summed E-state index contributed by atoms with van der Waals surface area (Å²) in [6.07, 6.45) is -3.63. The van der Waals surface area contributed by atoms with Crippen molar-refractivity contribution in [2.45, 2.75) is 31.1 Å². The second-order valence-electron chi connectivity index (χ2n) is 5.67. The van der Waals surface area contributed by atoms with Crippen LogP contribution in [0.25, 0.3) is 0 Å². The highest BCUT2D eigenvalue weighted by Crippen LogP contribution is 2.27. The molecule has 4 N–H and O–H groups in total. The molecule has 9 nitrogen and oxygen atoms in total. The molecule has 9 heteroatoms. The number of ether oxygens (including phenoxy) is 1. The second-order valence-corrected chi connectivity index (χ2v) is 5.67. The molecule has 2 aromatic rings. The highest BCUT2D eigenvalue weighted by atomic mass is 16.7. The first-order valence-electron chi connectivity index (χ1n) is 7.71. The molecule has 1 aromatic carbocycles. The van der Waals surface area contributed by atoms with E-state index in [1.165, 1.54) is 12.3 Å². The van der Waals surface area contributed by atoms with Gasteiger partial charge < -0.3 is 24.9 Å². The zero-order valence-electron chi connectivity index (χ0n) is 13.2. The zero-order chi connectivity index (χ0) is 18.0. The highest BCUT2D eigenvalue weighted by molar-refractivity contribution is 5.13. The highest BCUT2D eigenvalue weighted by Gasteiger charge is 2.43. The first-order valence-corrected chi connectivity index (χ1v) is 7.71. The lowest BCUT2D eigenvalue weighted by atomic mass is 10.1. The molecule has 0 amide bonds. The Labute approximate surface area is 142 Å². The van der Waals surface area contributed by atoms with E-state index in [0.717, 1.165) is 14.9 Å². The number of rotatable bonds is 5. The molecule has 0 saturated carbocycles. The summed E-state index contributed by atoms with van der Waals surface area (Å²) in [4.78, 5) is 18.0. The van der Waals surface area contributed by atoms with Gasteiger partial charge in [-0.1, -0.05) is 30.3 Å². The Balaban J connectivity index is 1.88. The molecule has 134 valence electrons. The van der Waals surface area contributed by atoms with Crippen molar-refractivity contribution in [3.05, 3.63) is 64.1 Å². The molecule has 1 fully saturated rings. The molecule has 0 aliphatic carbocycles. The smallest absolute Gasteiger partial charge is 0.365 e. The van der Waals surface area contributed by atoms with Gasteiger partial charge in [-0.05, 0) is 5.56 Å². The number of aliphatic hydroxyl groups excluding tert-OH is 3. The maximum atomic E-state index is 12.6. The molecule has 1 aliphatic rings. The topological polar surface area (TPSA) is 130 Å². The van der Waals surface area contributed by atoms with Crippen molar-refractivity contribution < 1.29 is 24.9 Å². The van der Waals surface area contributed by atoms with E-state index in [9.17, 15) is 15.0 Å². The third kappa shape index (κ3) is 3.35. The number of nitrogens with one attached hydrogen (secondary N) is 1. The summed E-state index contributed by atoms with van der Waals surface area (Å²) in [5.74, 6) is 0. The Morgan fingerprint density at radius 3 is 2.52 bits per heavy atom. The molecule has 3 rings (SSSR count). The Morgan fingerprint density at radius 2 is 1.88 bits per heavy atom. The van der Waals surface area contributed by atoms with E-state index in [1.807, 2.05) is 30.3 Å². The van der Waals surface area contributed by atoms with Crippen molar-refractivity contribution in [1.29, 1.82) is 5.41 Å². The summed E-state index contributed by atoms with van der Waals surface area (Å²) in [5.41, 5.74) is -0.0979. The fraction of sp³-hybridized carbons (Fsp3) is 0.375. The summed E-state index contributed by atoms with van der Waals surface area (Å²) >= 11 is 0. The average Bonchev–Trinajstić information content (AvgIpc) is 2.91. The fourth-order valence-corrected chi connectivity index (χ4v) is 2.63. The van der Waals surface area contributed by atoms with Gasteiger partial charge in [0.2, 0.25) is 0 Å². The normalized spacial score (nSPS) is 25.9. The first-order chi connectivity index (χ1) is 12.0. The zero-order valence-corrected chi connectivity index (χ0v) is 13.2. The molecule has 0 unspecified atom stereocenters. The molecule has 0 bridgehead atoms. The van der Waals surface area contributed by atoms with Crippen LogP contribution in [0, 0.1) is 5.41 Å². The quantitative estimate of drug-likeness (QED) is 0.513. The van der Waals surface area contributed by atoms with E-state index in [1.54, 1.807) is 0 Å². The van der Waals surface area contributed by atoms with Crippen molar-refractivity contribution in [1.82, 2.24) is 9.30 Å². The van der Waals surface area contributed by atoms with Gasteiger partial charge in [0.05, 0.1) is 6.61 Å². The molecule has 1 aliphatic heterocycles. The number of benzene rings is 1. The molecule has 2 heterocycles. The van der Waals surface area contributed by atoms with E-state index in [4.69, 9.17) is 20.1 Å².